The van der Waals surface area contributed by atoms with Crippen molar-refractivity contribution in [2.24, 2.45) is 0 Å². The predicted octanol–water partition coefficient (Wildman–Crippen LogP) is 1.71. The molecule has 0 spiro atoms. The van der Waals surface area contributed by atoms with Crippen LogP contribution in [0.15, 0.2) is 0 Å². The van der Waals surface area contributed by atoms with Gasteiger partial charge >= 0.3 is 0 Å². The second-order valence-electron chi connectivity index (χ2n) is 4.87. The van der Waals surface area contributed by atoms with E-state index in [4.69, 9.17) is 11.6 Å². The van der Waals surface area contributed by atoms with E-state index in [-0.39, 0.29) is 5.28 Å². The summed E-state index contributed by atoms with van der Waals surface area (Å²) in [6.07, 6.45) is 3.56. The Hall–Kier alpha value is -1.76. The summed E-state index contributed by atoms with van der Waals surface area (Å²) in [6.45, 7) is 5.60. The van der Waals surface area contributed by atoms with Gasteiger partial charge in [-0.15, -0.1) is 5.10 Å². The minimum Gasteiger partial charge on any atom is -0.341 e. The summed E-state index contributed by atoms with van der Waals surface area (Å²) >= 11 is 6.03. The molecule has 1 saturated heterocycles. The van der Waals surface area contributed by atoms with Crippen LogP contribution in [0.25, 0.3) is 5.95 Å². The summed E-state index contributed by atoms with van der Waals surface area (Å²) in [5.74, 6) is 2.45. The zero-order chi connectivity index (χ0) is 14.1. The highest BCUT2D eigenvalue weighted by Crippen LogP contribution is 2.18. The Kier molecular flexibility index (Phi) is 3.52. The van der Waals surface area contributed by atoms with Crippen LogP contribution in [-0.4, -0.2) is 42.8 Å². The molecule has 0 amide bonds. The van der Waals surface area contributed by atoms with E-state index in [1.165, 1.54) is 6.42 Å². The molecule has 0 N–H and O–H groups in total. The van der Waals surface area contributed by atoms with Crippen molar-refractivity contribution in [1.29, 1.82) is 0 Å². The normalized spacial score (nSPS) is 15.7. The van der Waals surface area contributed by atoms with Gasteiger partial charge < -0.3 is 4.90 Å². The first-order chi connectivity index (χ1) is 9.63. The third-order valence-electron chi connectivity index (χ3n) is 3.29. The largest absolute Gasteiger partial charge is 0.341 e. The zero-order valence-electron chi connectivity index (χ0n) is 11.5. The average molecular weight is 294 g/mol. The van der Waals surface area contributed by atoms with E-state index in [2.05, 4.69) is 29.9 Å². The van der Waals surface area contributed by atoms with Crippen LogP contribution < -0.4 is 4.90 Å². The molecular weight excluding hydrogens is 278 g/mol. The molecule has 0 aromatic carbocycles. The monoisotopic (exact) mass is 293 g/mol. The van der Waals surface area contributed by atoms with Gasteiger partial charge in [0.25, 0.3) is 5.95 Å². The first-order valence-electron chi connectivity index (χ1n) is 6.70. The van der Waals surface area contributed by atoms with Crippen LogP contribution in [0.2, 0.25) is 5.28 Å². The predicted molar refractivity (Wildman–Crippen MR) is 75.3 cm³/mol. The van der Waals surface area contributed by atoms with Crippen molar-refractivity contribution in [2.45, 2.75) is 33.1 Å². The second kappa shape index (κ2) is 5.32. The minimum atomic E-state index is 0.183. The average Bonchev–Trinajstić information content (AvgIpc) is 2.78. The molecule has 1 aliphatic heterocycles. The van der Waals surface area contributed by atoms with Crippen molar-refractivity contribution in [1.82, 2.24) is 29.7 Å². The van der Waals surface area contributed by atoms with Gasteiger partial charge in [-0.2, -0.15) is 19.6 Å². The second-order valence-corrected chi connectivity index (χ2v) is 5.21. The van der Waals surface area contributed by atoms with Gasteiger partial charge in [0.2, 0.25) is 11.2 Å². The molecule has 3 heterocycles. The molecule has 20 heavy (non-hydrogen) atoms. The van der Waals surface area contributed by atoms with Gasteiger partial charge in [-0.3, -0.25) is 0 Å². The number of hydrogen-bond acceptors (Lipinski definition) is 6. The van der Waals surface area contributed by atoms with E-state index in [1.807, 2.05) is 13.8 Å². The Morgan fingerprint density at radius 1 is 0.900 bits per heavy atom. The Balaban J connectivity index is 1.99. The van der Waals surface area contributed by atoms with Crippen molar-refractivity contribution < 1.29 is 0 Å². The number of rotatable bonds is 2. The third kappa shape index (κ3) is 2.58. The summed E-state index contributed by atoms with van der Waals surface area (Å²) in [7, 11) is 0. The molecule has 3 rings (SSSR count). The number of nitrogens with zero attached hydrogens (tertiary/aromatic N) is 7. The van der Waals surface area contributed by atoms with Crippen LogP contribution in [0, 0.1) is 13.8 Å². The first-order valence-corrected chi connectivity index (χ1v) is 7.08. The van der Waals surface area contributed by atoms with Gasteiger partial charge in [0, 0.05) is 13.1 Å². The molecular formula is C12H16ClN7. The van der Waals surface area contributed by atoms with E-state index in [9.17, 15) is 0 Å². The van der Waals surface area contributed by atoms with Crippen LogP contribution in [0.5, 0.6) is 0 Å². The highest BCUT2D eigenvalue weighted by Gasteiger charge is 2.17. The SMILES string of the molecule is Cc1nc(C)n(-c2nc(Cl)nc(N3CCCCC3)n2)n1. The van der Waals surface area contributed by atoms with Crippen LogP contribution in [0.1, 0.15) is 30.9 Å². The maximum absolute atomic E-state index is 6.03. The Morgan fingerprint density at radius 3 is 2.25 bits per heavy atom. The highest BCUT2D eigenvalue weighted by atomic mass is 35.5. The number of halogens is 1. The standard InChI is InChI=1S/C12H16ClN7/c1-8-14-9(2)20(18-8)12-16-10(13)15-11(17-12)19-6-4-3-5-7-19/h3-7H2,1-2H3. The fourth-order valence-corrected chi connectivity index (χ4v) is 2.52. The van der Waals surface area contributed by atoms with Crippen molar-refractivity contribution in [3.8, 4) is 5.95 Å². The number of anilines is 1. The lowest BCUT2D eigenvalue weighted by Gasteiger charge is -2.26. The molecule has 0 radical (unpaired) electrons. The topological polar surface area (TPSA) is 72.6 Å². The van der Waals surface area contributed by atoms with E-state index < -0.39 is 0 Å². The highest BCUT2D eigenvalue weighted by molar-refractivity contribution is 6.28. The van der Waals surface area contributed by atoms with Crippen molar-refractivity contribution in [3.05, 3.63) is 16.9 Å². The number of hydrogen-bond donors (Lipinski definition) is 0. The van der Waals surface area contributed by atoms with E-state index in [0.717, 1.165) is 31.8 Å². The van der Waals surface area contributed by atoms with Crippen molar-refractivity contribution in [3.63, 3.8) is 0 Å². The summed E-state index contributed by atoms with van der Waals surface area (Å²) in [6, 6.07) is 0. The first kappa shape index (κ1) is 13.2. The maximum atomic E-state index is 6.03. The number of aryl methyl sites for hydroxylation is 2. The molecule has 2 aromatic heterocycles. The Bertz CT molecular complexity index is 618. The molecule has 1 aliphatic rings. The maximum Gasteiger partial charge on any atom is 0.258 e. The molecule has 0 unspecified atom stereocenters. The number of aromatic nitrogens is 6. The third-order valence-corrected chi connectivity index (χ3v) is 3.46. The molecule has 8 heteroatoms. The molecule has 0 saturated carbocycles. The van der Waals surface area contributed by atoms with Gasteiger partial charge in [0.05, 0.1) is 0 Å². The van der Waals surface area contributed by atoms with Crippen LogP contribution in [-0.2, 0) is 0 Å². The van der Waals surface area contributed by atoms with Gasteiger partial charge in [-0.1, -0.05) is 0 Å². The van der Waals surface area contributed by atoms with Gasteiger partial charge in [0.15, 0.2) is 0 Å². The smallest absolute Gasteiger partial charge is 0.258 e. The van der Waals surface area contributed by atoms with Crippen molar-refractivity contribution in [2.75, 3.05) is 18.0 Å². The molecule has 106 valence electrons. The summed E-state index contributed by atoms with van der Waals surface area (Å²) in [5.41, 5.74) is 0. The summed E-state index contributed by atoms with van der Waals surface area (Å²) in [4.78, 5) is 19.3. The molecule has 2 aromatic rings. The summed E-state index contributed by atoms with van der Waals surface area (Å²) in [5, 5.41) is 4.47. The number of piperidine rings is 1. The lowest BCUT2D eigenvalue weighted by molar-refractivity contribution is 0.565. The molecule has 1 fully saturated rings. The summed E-state index contributed by atoms with van der Waals surface area (Å²) < 4.78 is 1.59. The van der Waals surface area contributed by atoms with Crippen LogP contribution in [0.3, 0.4) is 0 Å². The molecule has 0 bridgehead atoms. The van der Waals surface area contributed by atoms with E-state index in [1.54, 1.807) is 4.68 Å². The van der Waals surface area contributed by atoms with Crippen molar-refractivity contribution >= 4 is 17.5 Å². The fraction of sp³-hybridized carbons (Fsp3) is 0.583. The lowest BCUT2D eigenvalue weighted by Crippen LogP contribution is -2.31. The molecule has 0 aliphatic carbocycles. The quantitative estimate of drug-likeness (QED) is 0.839. The fourth-order valence-electron chi connectivity index (χ4n) is 2.37. The van der Waals surface area contributed by atoms with E-state index >= 15 is 0 Å². The van der Waals surface area contributed by atoms with Gasteiger partial charge in [0.1, 0.15) is 11.6 Å². The zero-order valence-corrected chi connectivity index (χ0v) is 12.3. The lowest BCUT2D eigenvalue weighted by atomic mass is 10.1. The van der Waals surface area contributed by atoms with Gasteiger partial charge in [-0.05, 0) is 44.7 Å². The molecule has 7 nitrogen and oxygen atoms in total. The minimum absolute atomic E-state index is 0.183. The molecule has 0 atom stereocenters. The Labute approximate surface area is 122 Å². The van der Waals surface area contributed by atoms with E-state index in [0.29, 0.717) is 17.7 Å². The Morgan fingerprint density at radius 2 is 1.60 bits per heavy atom. The van der Waals surface area contributed by atoms with Crippen LogP contribution >= 0.6 is 11.6 Å². The van der Waals surface area contributed by atoms with Crippen LogP contribution in [0.4, 0.5) is 5.95 Å². The van der Waals surface area contributed by atoms with Gasteiger partial charge in [-0.25, -0.2) is 4.98 Å².